The lowest BCUT2D eigenvalue weighted by Crippen LogP contribution is -2.15. The number of aromatic nitrogens is 1. The Hall–Kier alpha value is -0.750. The zero-order valence-electron chi connectivity index (χ0n) is 10.2. The number of para-hydroxylation sites is 1. The molecule has 19 heavy (non-hydrogen) atoms. The van der Waals surface area contributed by atoms with Gasteiger partial charge in [-0.2, -0.15) is 0 Å². The van der Waals surface area contributed by atoms with Crippen LogP contribution in [0.1, 0.15) is 9.88 Å². The third-order valence-electron chi connectivity index (χ3n) is 2.77. The molecule has 0 saturated carbocycles. The van der Waals surface area contributed by atoms with Crippen molar-refractivity contribution in [3.8, 4) is 0 Å². The van der Waals surface area contributed by atoms with Gasteiger partial charge in [-0.1, -0.05) is 12.1 Å². The Bertz CT molecular complexity index is 642. The second-order valence-electron chi connectivity index (χ2n) is 4.23. The predicted molar refractivity (Wildman–Crippen MR) is 87.0 cm³/mol. The van der Waals surface area contributed by atoms with E-state index in [0.29, 0.717) is 0 Å². The molecule has 1 aromatic carbocycles. The molecule has 3 rings (SSSR count). The summed E-state index contributed by atoms with van der Waals surface area (Å²) >= 11 is 7.04. The van der Waals surface area contributed by atoms with E-state index in [1.54, 1.807) is 22.7 Å². The van der Waals surface area contributed by atoms with Crippen LogP contribution in [0.2, 0.25) is 0 Å². The van der Waals surface area contributed by atoms with Crippen LogP contribution in [0.4, 0.5) is 0 Å². The summed E-state index contributed by atoms with van der Waals surface area (Å²) < 4.78 is 2.44. The SMILES string of the molecule is Brc1csc(CNCCc2nc3ccccc3s2)c1. The largest absolute Gasteiger partial charge is 0.311 e. The Balaban J connectivity index is 1.52. The summed E-state index contributed by atoms with van der Waals surface area (Å²) in [7, 11) is 0. The minimum Gasteiger partial charge on any atom is -0.311 e. The van der Waals surface area contributed by atoms with E-state index in [4.69, 9.17) is 0 Å². The van der Waals surface area contributed by atoms with E-state index in [9.17, 15) is 0 Å². The molecule has 2 heterocycles. The minimum absolute atomic E-state index is 0.932. The second-order valence-corrected chi connectivity index (χ2v) is 7.26. The standard InChI is InChI=1S/C14H13BrN2S2/c15-10-7-11(18-9-10)8-16-6-5-14-17-12-3-1-2-4-13(12)19-14/h1-4,7,9,16H,5-6,8H2. The van der Waals surface area contributed by atoms with Gasteiger partial charge in [0.25, 0.3) is 0 Å². The molecule has 0 spiro atoms. The van der Waals surface area contributed by atoms with Crippen molar-refractivity contribution in [2.45, 2.75) is 13.0 Å². The summed E-state index contributed by atoms with van der Waals surface area (Å²) in [5.74, 6) is 0. The van der Waals surface area contributed by atoms with Crippen molar-refractivity contribution in [1.82, 2.24) is 10.3 Å². The van der Waals surface area contributed by atoms with E-state index in [-0.39, 0.29) is 0 Å². The lowest BCUT2D eigenvalue weighted by atomic mass is 10.3. The van der Waals surface area contributed by atoms with Gasteiger partial charge >= 0.3 is 0 Å². The molecule has 0 aliphatic rings. The van der Waals surface area contributed by atoms with Crippen molar-refractivity contribution in [3.05, 3.63) is 50.1 Å². The summed E-state index contributed by atoms with van der Waals surface area (Å²) in [6.07, 6.45) is 0.992. The molecule has 2 nitrogen and oxygen atoms in total. The first-order valence-corrected chi connectivity index (χ1v) is 8.58. The third-order valence-corrected chi connectivity index (χ3v) is 5.57. The lowest BCUT2D eigenvalue weighted by Gasteiger charge is -2.00. The summed E-state index contributed by atoms with van der Waals surface area (Å²) in [6.45, 7) is 1.90. The van der Waals surface area contributed by atoms with Gasteiger partial charge in [0.2, 0.25) is 0 Å². The van der Waals surface area contributed by atoms with Crippen LogP contribution in [0.3, 0.4) is 0 Å². The van der Waals surface area contributed by atoms with E-state index < -0.39 is 0 Å². The van der Waals surface area contributed by atoms with Crippen LogP contribution in [0.15, 0.2) is 40.2 Å². The van der Waals surface area contributed by atoms with Crippen LogP contribution in [0.25, 0.3) is 10.2 Å². The molecule has 0 atom stereocenters. The first-order chi connectivity index (χ1) is 9.31. The number of hydrogen-bond acceptors (Lipinski definition) is 4. The zero-order valence-corrected chi connectivity index (χ0v) is 13.4. The Morgan fingerprint density at radius 3 is 2.95 bits per heavy atom. The van der Waals surface area contributed by atoms with Crippen molar-refractivity contribution in [1.29, 1.82) is 0 Å². The maximum atomic E-state index is 4.64. The van der Waals surface area contributed by atoms with E-state index in [1.807, 2.05) is 6.07 Å². The number of rotatable bonds is 5. The smallest absolute Gasteiger partial charge is 0.0951 e. The van der Waals surface area contributed by atoms with E-state index in [2.05, 4.69) is 55.9 Å². The third kappa shape index (κ3) is 3.42. The quantitative estimate of drug-likeness (QED) is 0.686. The van der Waals surface area contributed by atoms with Crippen LogP contribution in [0, 0.1) is 0 Å². The van der Waals surface area contributed by atoms with E-state index in [0.717, 1.165) is 25.0 Å². The summed E-state index contributed by atoms with van der Waals surface area (Å²) in [5, 5.41) is 6.79. The average molecular weight is 353 g/mol. The fourth-order valence-electron chi connectivity index (χ4n) is 1.88. The van der Waals surface area contributed by atoms with Crippen LogP contribution >= 0.6 is 38.6 Å². The molecule has 0 bridgehead atoms. The van der Waals surface area contributed by atoms with Crippen LogP contribution < -0.4 is 5.32 Å². The highest BCUT2D eigenvalue weighted by Gasteiger charge is 2.03. The highest BCUT2D eigenvalue weighted by atomic mass is 79.9. The number of nitrogens with zero attached hydrogens (tertiary/aromatic N) is 1. The molecule has 0 amide bonds. The Morgan fingerprint density at radius 1 is 1.26 bits per heavy atom. The van der Waals surface area contributed by atoms with Crippen LogP contribution in [-0.2, 0) is 13.0 Å². The normalized spacial score (nSPS) is 11.2. The van der Waals surface area contributed by atoms with Gasteiger partial charge in [0, 0.05) is 34.2 Å². The van der Waals surface area contributed by atoms with Crippen LogP contribution in [0.5, 0.6) is 0 Å². The van der Waals surface area contributed by atoms with E-state index in [1.165, 1.54) is 19.1 Å². The Labute approximate surface area is 128 Å². The van der Waals surface area contributed by atoms with Gasteiger partial charge < -0.3 is 5.32 Å². The number of halogens is 1. The Morgan fingerprint density at radius 2 is 2.16 bits per heavy atom. The molecular formula is C14H13BrN2S2. The number of benzene rings is 1. The van der Waals surface area contributed by atoms with Gasteiger partial charge in [0.05, 0.1) is 15.2 Å². The second kappa shape index (κ2) is 6.13. The van der Waals surface area contributed by atoms with Gasteiger partial charge in [-0.05, 0) is 34.1 Å². The molecule has 0 unspecified atom stereocenters. The molecule has 0 fully saturated rings. The van der Waals surface area contributed by atoms with Gasteiger partial charge in [0.1, 0.15) is 0 Å². The number of fused-ring (bicyclic) bond motifs is 1. The molecule has 2 aromatic heterocycles. The summed E-state index contributed by atoms with van der Waals surface area (Å²) in [4.78, 5) is 5.99. The average Bonchev–Trinajstić information content (AvgIpc) is 3.00. The maximum absolute atomic E-state index is 4.64. The zero-order chi connectivity index (χ0) is 13.1. The molecule has 5 heteroatoms. The van der Waals surface area contributed by atoms with Crippen LogP contribution in [-0.4, -0.2) is 11.5 Å². The molecule has 0 radical (unpaired) electrons. The van der Waals surface area contributed by atoms with Crippen molar-refractivity contribution in [2.75, 3.05) is 6.54 Å². The fraction of sp³-hybridized carbons (Fsp3) is 0.214. The van der Waals surface area contributed by atoms with Gasteiger partial charge in [0.15, 0.2) is 0 Å². The molecule has 98 valence electrons. The molecule has 3 aromatic rings. The number of nitrogens with one attached hydrogen (secondary N) is 1. The number of hydrogen-bond donors (Lipinski definition) is 1. The first-order valence-electron chi connectivity index (χ1n) is 6.09. The molecular weight excluding hydrogens is 340 g/mol. The number of thiophene rings is 1. The number of thiazole rings is 1. The molecule has 1 N–H and O–H groups in total. The van der Waals surface area contributed by atoms with Gasteiger partial charge in [-0.25, -0.2) is 4.98 Å². The first kappa shape index (κ1) is 13.2. The summed E-state index contributed by atoms with van der Waals surface area (Å²) in [5.41, 5.74) is 1.12. The maximum Gasteiger partial charge on any atom is 0.0951 e. The fourth-order valence-corrected chi connectivity index (χ4v) is 4.27. The lowest BCUT2D eigenvalue weighted by molar-refractivity contribution is 0.692. The van der Waals surface area contributed by atoms with Crippen molar-refractivity contribution in [3.63, 3.8) is 0 Å². The monoisotopic (exact) mass is 352 g/mol. The molecule has 0 aliphatic heterocycles. The Kier molecular flexibility index (Phi) is 4.28. The van der Waals surface area contributed by atoms with Gasteiger partial charge in [-0.15, -0.1) is 22.7 Å². The molecule has 0 saturated heterocycles. The predicted octanol–water partition coefficient (Wildman–Crippen LogP) is 4.45. The topological polar surface area (TPSA) is 24.9 Å². The van der Waals surface area contributed by atoms with Crippen molar-refractivity contribution >= 4 is 48.8 Å². The highest BCUT2D eigenvalue weighted by Crippen LogP contribution is 2.22. The van der Waals surface area contributed by atoms with Gasteiger partial charge in [-0.3, -0.25) is 0 Å². The summed E-state index contributed by atoms with van der Waals surface area (Å²) in [6, 6.07) is 10.5. The minimum atomic E-state index is 0.932. The van der Waals surface area contributed by atoms with Crippen molar-refractivity contribution in [2.24, 2.45) is 0 Å². The highest BCUT2D eigenvalue weighted by molar-refractivity contribution is 9.10. The van der Waals surface area contributed by atoms with Crippen molar-refractivity contribution < 1.29 is 0 Å². The van der Waals surface area contributed by atoms with E-state index >= 15 is 0 Å². The molecule has 0 aliphatic carbocycles.